The second-order valence-corrected chi connectivity index (χ2v) is 11.9. The van der Waals surface area contributed by atoms with Crippen molar-refractivity contribution in [1.82, 2.24) is 10.2 Å². The Morgan fingerprint density at radius 3 is 2.11 bits per heavy atom. The third-order valence-electron chi connectivity index (χ3n) is 6.25. The van der Waals surface area contributed by atoms with Crippen LogP contribution in [0.15, 0.2) is 77.7 Å². The maximum Gasteiger partial charge on any atom is 0.264 e. The van der Waals surface area contributed by atoms with Gasteiger partial charge in [0, 0.05) is 17.6 Å². The summed E-state index contributed by atoms with van der Waals surface area (Å²) in [4.78, 5) is 28.3. The van der Waals surface area contributed by atoms with Crippen molar-refractivity contribution in [1.29, 1.82) is 0 Å². The molecule has 0 heterocycles. The average molecular weight is 556 g/mol. The molecular formula is C29H34ClN3O4S. The second-order valence-electron chi connectivity index (χ2n) is 9.58. The van der Waals surface area contributed by atoms with Crippen LogP contribution in [0.2, 0.25) is 5.02 Å². The molecule has 0 bridgehead atoms. The summed E-state index contributed by atoms with van der Waals surface area (Å²) < 4.78 is 28.7. The molecule has 0 aliphatic heterocycles. The number of carbonyl (C=O) groups is 2. The highest BCUT2D eigenvalue weighted by atomic mass is 35.5. The highest BCUT2D eigenvalue weighted by Crippen LogP contribution is 2.26. The lowest BCUT2D eigenvalue weighted by atomic mass is 10.1. The fraction of sp³-hybridized carbons (Fsp3) is 0.310. The normalized spacial score (nSPS) is 12.2. The molecule has 0 saturated carbocycles. The number of hydrogen-bond donors (Lipinski definition) is 1. The van der Waals surface area contributed by atoms with Gasteiger partial charge in [0.25, 0.3) is 10.0 Å². The van der Waals surface area contributed by atoms with Gasteiger partial charge in [-0.1, -0.05) is 48.0 Å². The summed E-state index contributed by atoms with van der Waals surface area (Å²) in [6, 6.07) is 19.3. The molecule has 1 atom stereocenters. The molecule has 202 valence electrons. The van der Waals surface area contributed by atoms with Crippen molar-refractivity contribution in [3.63, 3.8) is 0 Å². The topological polar surface area (TPSA) is 86.8 Å². The van der Waals surface area contributed by atoms with Gasteiger partial charge in [0.15, 0.2) is 0 Å². The van der Waals surface area contributed by atoms with E-state index in [1.807, 2.05) is 33.8 Å². The maximum atomic E-state index is 13.9. The van der Waals surface area contributed by atoms with Gasteiger partial charge < -0.3 is 10.2 Å². The van der Waals surface area contributed by atoms with Crippen LogP contribution >= 0.6 is 11.6 Å². The second kappa shape index (κ2) is 12.5. The zero-order chi connectivity index (χ0) is 28.0. The van der Waals surface area contributed by atoms with E-state index >= 15 is 0 Å². The Morgan fingerprint density at radius 1 is 0.895 bits per heavy atom. The Labute approximate surface area is 230 Å². The van der Waals surface area contributed by atoms with E-state index in [9.17, 15) is 18.0 Å². The summed E-state index contributed by atoms with van der Waals surface area (Å²) >= 11 is 6.03. The van der Waals surface area contributed by atoms with E-state index < -0.39 is 28.5 Å². The van der Waals surface area contributed by atoms with Crippen molar-refractivity contribution in [3.8, 4) is 0 Å². The maximum absolute atomic E-state index is 13.9. The predicted molar refractivity (Wildman–Crippen MR) is 152 cm³/mol. The first kappa shape index (κ1) is 29.2. The highest BCUT2D eigenvalue weighted by Gasteiger charge is 2.32. The van der Waals surface area contributed by atoms with Gasteiger partial charge in [0.05, 0.1) is 10.6 Å². The number of hydrogen-bond acceptors (Lipinski definition) is 4. The molecule has 3 rings (SSSR count). The minimum absolute atomic E-state index is 0.0703. The van der Waals surface area contributed by atoms with Gasteiger partial charge in [0.1, 0.15) is 12.6 Å². The lowest BCUT2D eigenvalue weighted by molar-refractivity contribution is -0.139. The molecule has 3 aromatic carbocycles. The number of anilines is 1. The third kappa shape index (κ3) is 7.14. The Hall–Kier alpha value is -3.36. The van der Waals surface area contributed by atoms with E-state index in [-0.39, 0.29) is 23.4 Å². The monoisotopic (exact) mass is 555 g/mol. The van der Waals surface area contributed by atoms with Gasteiger partial charge in [-0.25, -0.2) is 8.42 Å². The number of carbonyl (C=O) groups excluding carboxylic acids is 2. The van der Waals surface area contributed by atoms with Crippen LogP contribution in [0.25, 0.3) is 0 Å². The van der Waals surface area contributed by atoms with E-state index in [0.717, 1.165) is 21.0 Å². The Morgan fingerprint density at radius 2 is 1.53 bits per heavy atom. The van der Waals surface area contributed by atoms with Gasteiger partial charge >= 0.3 is 0 Å². The molecule has 38 heavy (non-hydrogen) atoms. The van der Waals surface area contributed by atoms with E-state index in [0.29, 0.717) is 10.7 Å². The quantitative estimate of drug-likeness (QED) is 0.377. The van der Waals surface area contributed by atoms with Gasteiger partial charge in [0.2, 0.25) is 11.8 Å². The van der Waals surface area contributed by atoms with Crippen molar-refractivity contribution >= 4 is 39.1 Å². The molecule has 1 unspecified atom stereocenters. The summed E-state index contributed by atoms with van der Waals surface area (Å²) in [6.07, 6.45) is 0. The SMILES string of the molecule is Cc1ccc(N(CC(=O)N(Cc2ccc(Cl)cc2)C(C)C(=O)NC(C)C)S(=O)(=O)c2ccccc2)cc1C. The molecule has 0 radical (unpaired) electrons. The molecular weight excluding hydrogens is 522 g/mol. The zero-order valence-electron chi connectivity index (χ0n) is 22.3. The zero-order valence-corrected chi connectivity index (χ0v) is 23.9. The number of sulfonamides is 1. The number of halogens is 1. The predicted octanol–water partition coefficient (Wildman–Crippen LogP) is 5.09. The first-order valence-electron chi connectivity index (χ1n) is 12.4. The first-order valence-corrected chi connectivity index (χ1v) is 14.2. The van der Waals surface area contributed by atoms with Gasteiger partial charge in [-0.15, -0.1) is 0 Å². The smallest absolute Gasteiger partial charge is 0.264 e. The van der Waals surface area contributed by atoms with Gasteiger partial charge in [-0.3, -0.25) is 13.9 Å². The average Bonchev–Trinajstić information content (AvgIpc) is 2.88. The molecule has 0 spiro atoms. The number of amides is 2. The fourth-order valence-corrected chi connectivity index (χ4v) is 5.46. The van der Waals surface area contributed by atoms with Crippen molar-refractivity contribution < 1.29 is 18.0 Å². The van der Waals surface area contributed by atoms with Crippen LogP contribution in [0.5, 0.6) is 0 Å². The summed E-state index contributed by atoms with van der Waals surface area (Å²) in [6.45, 7) is 8.76. The molecule has 0 aliphatic carbocycles. The largest absolute Gasteiger partial charge is 0.352 e. The van der Waals surface area contributed by atoms with Crippen molar-refractivity contribution in [2.24, 2.45) is 0 Å². The molecule has 0 saturated heterocycles. The minimum atomic E-state index is -4.09. The molecule has 0 fully saturated rings. The van der Waals surface area contributed by atoms with Crippen molar-refractivity contribution in [2.75, 3.05) is 10.8 Å². The van der Waals surface area contributed by atoms with Gasteiger partial charge in [-0.05, 0) is 87.7 Å². The van der Waals surface area contributed by atoms with E-state index in [1.54, 1.807) is 61.5 Å². The number of nitrogens with zero attached hydrogens (tertiary/aromatic N) is 2. The first-order chi connectivity index (χ1) is 17.9. The molecule has 0 aromatic heterocycles. The van der Waals surface area contributed by atoms with Crippen LogP contribution in [0.4, 0.5) is 5.69 Å². The van der Waals surface area contributed by atoms with Crippen molar-refractivity contribution in [3.05, 3.63) is 94.5 Å². The summed E-state index contributed by atoms with van der Waals surface area (Å²) in [5.41, 5.74) is 3.03. The highest BCUT2D eigenvalue weighted by molar-refractivity contribution is 7.92. The summed E-state index contributed by atoms with van der Waals surface area (Å²) in [5, 5.41) is 3.39. The van der Waals surface area contributed by atoms with Crippen LogP contribution in [-0.2, 0) is 26.2 Å². The van der Waals surface area contributed by atoms with Crippen LogP contribution in [-0.4, -0.2) is 43.8 Å². The fourth-order valence-electron chi connectivity index (χ4n) is 3.90. The van der Waals surface area contributed by atoms with Crippen molar-refractivity contribution in [2.45, 2.75) is 58.1 Å². The van der Waals surface area contributed by atoms with Crippen LogP contribution < -0.4 is 9.62 Å². The number of nitrogens with one attached hydrogen (secondary N) is 1. The molecule has 0 aliphatic rings. The third-order valence-corrected chi connectivity index (χ3v) is 8.29. The van der Waals surface area contributed by atoms with E-state index in [4.69, 9.17) is 11.6 Å². The van der Waals surface area contributed by atoms with Gasteiger partial charge in [-0.2, -0.15) is 0 Å². The molecule has 9 heteroatoms. The van der Waals surface area contributed by atoms with E-state index in [2.05, 4.69) is 5.32 Å². The lowest BCUT2D eigenvalue weighted by Gasteiger charge is -2.32. The lowest BCUT2D eigenvalue weighted by Crippen LogP contribution is -2.52. The minimum Gasteiger partial charge on any atom is -0.352 e. The molecule has 7 nitrogen and oxygen atoms in total. The number of benzene rings is 3. The summed E-state index contributed by atoms with van der Waals surface area (Å²) in [5.74, 6) is -0.838. The van der Waals surface area contributed by atoms with Crippen LogP contribution in [0.1, 0.15) is 37.5 Å². The molecule has 2 amide bonds. The number of aryl methyl sites for hydroxylation is 2. The van der Waals surface area contributed by atoms with Crippen LogP contribution in [0, 0.1) is 13.8 Å². The number of rotatable bonds is 10. The molecule has 1 N–H and O–H groups in total. The summed E-state index contributed by atoms with van der Waals surface area (Å²) in [7, 11) is -4.09. The Kier molecular flexibility index (Phi) is 9.57. The van der Waals surface area contributed by atoms with Crippen LogP contribution in [0.3, 0.4) is 0 Å². The molecule has 3 aromatic rings. The van der Waals surface area contributed by atoms with E-state index in [1.165, 1.54) is 17.0 Å². The standard InChI is InChI=1S/C29H34ClN3O4S/c1-20(2)31-29(35)23(5)32(18-24-12-14-25(30)15-13-24)28(34)19-33(26-16-11-21(3)22(4)17-26)38(36,37)27-9-7-6-8-10-27/h6-17,20,23H,18-19H2,1-5H3,(H,31,35). The Bertz CT molecular complexity index is 1380. The Balaban J connectivity index is 2.04.